The molecule has 0 unspecified atom stereocenters. The van der Waals surface area contributed by atoms with Gasteiger partial charge in [0.25, 0.3) is 0 Å². The van der Waals surface area contributed by atoms with E-state index in [1.54, 1.807) is 27.9 Å². The Hall–Kier alpha value is -1.67. The van der Waals surface area contributed by atoms with Crippen molar-refractivity contribution in [2.24, 2.45) is 17.3 Å². The maximum atomic E-state index is 14.4. The number of amides is 1. The van der Waals surface area contributed by atoms with Crippen molar-refractivity contribution >= 4 is 17.7 Å². The molecule has 1 N–H and O–H groups in total. The van der Waals surface area contributed by atoms with Crippen LogP contribution in [0.2, 0.25) is 0 Å². The fourth-order valence-electron chi connectivity index (χ4n) is 8.39. The molecule has 1 aliphatic carbocycles. The van der Waals surface area contributed by atoms with Gasteiger partial charge in [0.15, 0.2) is 12.1 Å². The number of cyclic esters (lactones) is 1. The summed E-state index contributed by atoms with van der Waals surface area (Å²) in [7, 11) is 11.4. The molecular formula is C38H70N4O8. The van der Waals surface area contributed by atoms with Gasteiger partial charge >= 0.3 is 5.97 Å². The van der Waals surface area contributed by atoms with E-state index in [0.717, 1.165) is 25.7 Å². The van der Waals surface area contributed by atoms with Crippen LogP contribution in [0.5, 0.6) is 0 Å². The van der Waals surface area contributed by atoms with Crippen molar-refractivity contribution in [3.8, 4) is 0 Å². The summed E-state index contributed by atoms with van der Waals surface area (Å²) >= 11 is 0. The standard InChI is InChI=1S/C38H70N4O8/c1-24(2)40(11)22-30(43)42(13)28-15-17-38(18-16-28)23-48-35(46)36(6,7)32(45)27(5)33(37(8,47-14)20-25(3)21-41(38)12)50-34-31(44)29(39(9)10)19-26(4)49-34/h24-29,31,33-34,44H,15-23H2,1-14H3/t25-,26-,27+,28?,29+,31-,33-,34+,37-,38?/m1/s1. The van der Waals surface area contributed by atoms with Crippen LogP contribution in [0.1, 0.15) is 93.9 Å². The summed E-state index contributed by atoms with van der Waals surface area (Å²) in [4.78, 5) is 49.6. The first kappa shape index (κ1) is 42.7. The highest BCUT2D eigenvalue weighted by Gasteiger charge is 2.52. The van der Waals surface area contributed by atoms with Gasteiger partial charge in [0, 0.05) is 44.7 Å². The van der Waals surface area contributed by atoms with Crippen LogP contribution < -0.4 is 0 Å². The molecule has 1 amide bonds. The number of aliphatic hydroxyl groups excluding tert-OH is 1. The second kappa shape index (κ2) is 17.0. The van der Waals surface area contributed by atoms with Crippen molar-refractivity contribution in [2.45, 2.75) is 148 Å². The highest BCUT2D eigenvalue weighted by atomic mass is 16.7. The smallest absolute Gasteiger partial charge is 0.319 e. The number of likely N-dealkylation sites (N-methyl/N-ethyl adjacent to an activating group) is 4. The van der Waals surface area contributed by atoms with Gasteiger partial charge in [0.05, 0.1) is 29.9 Å². The molecule has 8 atom stereocenters. The Morgan fingerprint density at radius 1 is 1.06 bits per heavy atom. The van der Waals surface area contributed by atoms with Crippen LogP contribution in [0.25, 0.3) is 0 Å². The zero-order valence-corrected chi connectivity index (χ0v) is 33.7. The molecule has 1 spiro atoms. The third-order valence-electron chi connectivity index (χ3n) is 12.3. The fraction of sp³-hybridized carbons (Fsp3) is 0.921. The van der Waals surface area contributed by atoms with Gasteiger partial charge in [-0.3, -0.25) is 24.2 Å². The number of ether oxygens (including phenoxy) is 4. The third-order valence-corrected chi connectivity index (χ3v) is 12.3. The SMILES string of the molecule is CO[C@]1(C)C[C@@H](C)CN(C)C2(CCC(N(C)C(=O)CN(C)C(C)C)CC2)COC(=O)C(C)(C)C(=O)[C@H](C)[C@H]1O[C@@H]1O[C@H](C)C[C@H](N(C)C)[C@H]1O. The predicted octanol–water partition coefficient (Wildman–Crippen LogP) is 3.43. The largest absolute Gasteiger partial charge is 0.463 e. The molecule has 0 bridgehead atoms. The van der Waals surface area contributed by atoms with Crippen LogP contribution in [-0.2, 0) is 33.3 Å². The minimum atomic E-state index is -1.47. The number of hydrogen-bond donors (Lipinski definition) is 1. The number of carbonyl (C=O) groups excluding carboxylic acids is 3. The van der Waals surface area contributed by atoms with Crippen molar-refractivity contribution in [3.63, 3.8) is 0 Å². The molecule has 0 aromatic heterocycles. The van der Waals surface area contributed by atoms with E-state index in [-0.39, 0.29) is 48.4 Å². The minimum Gasteiger partial charge on any atom is -0.463 e. The Morgan fingerprint density at radius 2 is 1.66 bits per heavy atom. The number of ketones is 1. The van der Waals surface area contributed by atoms with E-state index in [2.05, 4.69) is 32.7 Å². The molecule has 0 aromatic rings. The highest BCUT2D eigenvalue weighted by Crippen LogP contribution is 2.41. The molecule has 12 heteroatoms. The van der Waals surface area contributed by atoms with Crippen LogP contribution >= 0.6 is 0 Å². The predicted molar refractivity (Wildman–Crippen MR) is 194 cm³/mol. The lowest BCUT2D eigenvalue weighted by Gasteiger charge is -2.49. The number of hydrogen-bond acceptors (Lipinski definition) is 11. The summed E-state index contributed by atoms with van der Waals surface area (Å²) in [5.41, 5.74) is -2.88. The number of Topliss-reactive ketones (excluding diaryl/α,β-unsaturated/α-hetero) is 1. The number of esters is 1. The highest BCUT2D eigenvalue weighted by molar-refractivity contribution is 6.04. The van der Waals surface area contributed by atoms with E-state index in [1.165, 1.54) is 0 Å². The summed E-state index contributed by atoms with van der Waals surface area (Å²) in [5.74, 6) is -1.48. The second-order valence-corrected chi connectivity index (χ2v) is 17.2. The van der Waals surface area contributed by atoms with Crippen LogP contribution in [0.3, 0.4) is 0 Å². The van der Waals surface area contributed by atoms with Crippen molar-refractivity contribution in [1.82, 2.24) is 19.6 Å². The Balaban J connectivity index is 1.93. The molecule has 0 aromatic carbocycles. The molecule has 12 nitrogen and oxygen atoms in total. The maximum Gasteiger partial charge on any atom is 0.319 e. The lowest BCUT2D eigenvalue weighted by molar-refractivity contribution is -0.295. The topological polar surface area (TPSA) is 121 Å². The Morgan fingerprint density at radius 3 is 2.20 bits per heavy atom. The first-order valence-corrected chi connectivity index (χ1v) is 18.7. The molecule has 2 aliphatic heterocycles. The number of nitrogens with zero attached hydrogens (tertiary/aromatic N) is 4. The quantitative estimate of drug-likeness (QED) is 0.295. The van der Waals surface area contributed by atoms with Crippen LogP contribution in [0, 0.1) is 17.3 Å². The van der Waals surface area contributed by atoms with Crippen molar-refractivity contribution in [2.75, 3.05) is 62.0 Å². The summed E-state index contributed by atoms with van der Waals surface area (Å²) in [6.45, 7) is 16.5. The van der Waals surface area contributed by atoms with Gasteiger partial charge in [-0.25, -0.2) is 0 Å². The van der Waals surface area contributed by atoms with E-state index >= 15 is 0 Å². The molecule has 3 rings (SSSR count). The maximum absolute atomic E-state index is 14.4. The second-order valence-electron chi connectivity index (χ2n) is 17.2. The Bertz CT molecular complexity index is 1160. The number of methoxy groups -OCH3 is 1. The normalized spacial score (nSPS) is 38.1. The van der Waals surface area contributed by atoms with E-state index in [9.17, 15) is 19.5 Å². The molecule has 50 heavy (non-hydrogen) atoms. The first-order chi connectivity index (χ1) is 23.1. The minimum absolute atomic E-state index is 0.0962. The molecule has 290 valence electrons. The van der Waals surface area contributed by atoms with Gasteiger partial charge in [0.1, 0.15) is 18.1 Å². The number of aliphatic hydroxyl groups is 1. The molecule has 0 radical (unpaired) electrons. The van der Waals surface area contributed by atoms with Crippen molar-refractivity contribution in [1.29, 1.82) is 0 Å². The average molecular weight is 711 g/mol. The Labute approximate surface area is 302 Å². The van der Waals surface area contributed by atoms with E-state index < -0.39 is 46.9 Å². The molecule has 3 fully saturated rings. The molecular weight excluding hydrogens is 640 g/mol. The van der Waals surface area contributed by atoms with Crippen LogP contribution in [0.4, 0.5) is 0 Å². The van der Waals surface area contributed by atoms with Gasteiger partial charge < -0.3 is 33.9 Å². The summed E-state index contributed by atoms with van der Waals surface area (Å²) < 4.78 is 25.2. The molecule has 3 aliphatic rings. The summed E-state index contributed by atoms with van der Waals surface area (Å²) in [6.07, 6.45) is 1.31. The van der Waals surface area contributed by atoms with Gasteiger partial charge in [-0.05, 0) is 114 Å². The average Bonchev–Trinajstić information content (AvgIpc) is 3.05. The molecule has 2 saturated heterocycles. The van der Waals surface area contributed by atoms with Gasteiger partial charge in [-0.2, -0.15) is 0 Å². The zero-order chi connectivity index (χ0) is 37.9. The fourth-order valence-corrected chi connectivity index (χ4v) is 8.39. The number of carbonyl (C=O) groups is 3. The van der Waals surface area contributed by atoms with Crippen LogP contribution in [0.15, 0.2) is 0 Å². The summed E-state index contributed by atoms with van der Waals surface area (Å²) in [6, 6.07) is 0.184. The zero-order valence-electron chi connectivity index (χ0n) is 33.7. The van der Waals surface area contributed by atoms with E-state index in [0.29, 0.717) is 25.9 Å². The summed E-state index contributed by atoms with van der Waals surface area (Å²) in [5, 5.41) is 11.4. The van der Waals surface area contributed by atoms with Crippen LogP contribution in [-0.4, -0.2) is 158 Å². The molecule has 1 saturated carbocycles. The van der Waals surface area contributed by atoms with Gasteiger partial charge in [-0.1, -0.05) is 13.8 Å². The monoisotopic (exact) mass is 711 g/mol. The van der Waals surface area contributed by atoms with E-state index in [1.807, 2.05) is 56.7 Å². The van der Waals surface area contributed by atoms with Crippen molar-refractivity contribution in [3.05, 3.63) is 0 Å². The Kier molecular flexibility index (Phi) is 14.5. The lowest BCUT2D eigenvalue weighted by atomic mass is 9.74. The van der Waals surface area contributed by atoms with Crippen molar-refractivity contribution < 1.29 is 38.4 Å². The van der Waals surface area contributed by atoms with Gasteiger partial charge in [-0.15, -0.1) is 0 Å². The van der Waals surface area contributed by atoms with Gasteiger partial charge in [0.2, 0.25) is 5.91 Å². The molecule has 2 heterocycles. The third kappa shape index (κ3) is 9.46. The number of rotatable bonds is 8. The lowest BCUT2D eigenvalue weighted by Crippen LogP contribution is -2.59. The van der Waals surface area contributed by atoms with E-state index in [4.69, 9.17) is 18.9 Å². The first-order valence-electron chi connectivity index (χ1n) is 18.7.